The molecule has 21 heavy (non-hydrogen) atoms. The molecule has 3 rings (SSSR count). The van der Waals surface area contributed by atoms with Crippen molar-refractivity contribution in [2.45, 2.75) is 13.5 Å². The van der Waals surface area contributed by atoms with Gasteiger partial charge in [0.15, 0.2) is 0 Å². The van der Waals surface area contributed by atoms with E-state index < -0.39 is 0 Å². The molecule has 3 aromatic rings. The molecule has 0 fully saturated rings. The van der Waals surface area contributed by atoms with Crippen molar-refractivity contribution >= 4 is 22.6 Å². The van der Waals surface area contributed by atoms with E-state index in [4.69, 9.17) is 16.0 Å². The zero-order valence-electron chi connectivity index (χ0n) is 11.6. The van der Waals surface area contributed by atoms with Crippen molar-refractivity contribution in [2.24, 2.45) is 0 Å². The van der Waals surface area contributed by atoms with E-state index in [0.717, 1.165) is 28.1 Å². The Morgan fingerprint density at radius 3 is 2.81 bits per heavy atom. The van der Waals surface area contributed by atoms with Gasteiger partial charge in [-0.2, -0.15) is 0 Å². The van der Waals surface area contributed by atoms with Crippen LogP contribution < -0.4 is 5.32 Å². The van der Waals surface area contributed by atoms with Crippen LogP contribution in [0.4, 0.5) is 4.39 Å². The molecule has 0 aliphatic heterocycles. The van der Waals surface area contributed by atoms with Gasteiger partial charge in [0.05, 0.1) is 0 Å². The number of nitrogens with one attached hydrogen (secondary N) is 1. The third-order valence-electron chi connectivity index (χ3n) is 3.37. The first-order valence-electron chi connectivity index (χ1n) is 6.86. The largest absolute Gasteiger partial charge is 0.456 e. The summed E-state index contributed by atoms with van der Waals surface area (Å²) in [6.07, 6.45) is 0. The van der Waals surface area contributed by atoms with E-state index in [9.17, 15) is 4.39 Å². The van der Waals surface area contributed by atoms with Gasteiger partial charge in [-0.15, -0.1) is 0 Å². The molecule has 1 aromatic heterocycles. The van der Waals surface area contributed by atoms with Gasteiger partial charge in [0.1, 0.15) is 17.2 Å². The lowest BCUT2D eigenvalue weighted by Crippen LogP contribution is -2.12. The van der Waals surface area contributed by atoms with E-state index in [2.05, 4.69) is 5.32 Å². The van der Waals surface area contributed by atoms with Gasteiger partial charge in [0.25, 0.3) is 0 Å². The number of hydrogen-bond acceptors (Lipinski definition) is 2. The summed E-state index contributed by atoms with van der Waals surface area (Å²) in [5.41, 5.74) is 2.63. The van der Waals surface area contributed by atoms with Crippen LogP contribution in [-0.4, -0.2) is 6.54 Å². The number of hydrogen-bond donors (Lipinski definition) is 1. The molecular formula is C17H15ClFNO. The van der Waals surface area contributed by atoms with E-state index >= 15 is 0 Å². The highest BCUT2D eigenvalue weighted by Crippen LogP contribution is 2.30. The van der Waals surface area contributed by atoms with E-state index in [1.54, 1.807) is 6.07 Å². The monoisotopic (exact) mass is 303 g/mol. The van der Waals surface area contributed by atoms with Crippen LogP contribution in [0.5, 0.6) is 0 Å². The fraction of sp³-hybridized carbons (Fsp3) is 0.176. The average molecular weight is 304 g/mol. The zero-order valence-corrected chi connectivity index (χ0v) is 12.4. The minimum Gasteiger partial charge on any atom is -0.456 e. The maximum atomic E-state index is 13.2. The molecule has 0 spiro atoms. The number of fused-ring (bicyclic) bond motifs is 1. The van der Waals surface area contributed by atoms with Crippen LogP contribution in [0.15, 0.2) is 46.9 Å². The molecule has 1 N–H and O–H groups in total. The van der Waals surface area contributed by atoms with Crippen LogP contribution in [-0.2, 0) is 6.54 Å². The third-order valence-corrected chi connectivity index (χ3v) is 3.74. The summed E-state index contributed by atoms with van der Waals surface area (Å²) in [5, 5.41) is 4.73. The van der Waals surface area contributed by atoms with Crippen LogP contribution in [0.25, 0.3) is 22.3 Å². The molecule has 0 atom stereocenters. The molecule has 0 radical (unpaired) electrons. The first-order chi connectivity index (χ1) is 10.2. The maximum absolute atomic E-state index is 13.2. The van der Waals surface area contributed by atoms with E-state index in [1.807, 2.05) is 31.2 Å². The molecule has 0 saturated carbocycles. The summed E-state index contributed by atoms with van der Waals surface area (Å²) in [4.78, 5) is 0. The summed E-state index contributed by atoms with van der Waals surface area (Å²) in [5.74, 6) is 0.448. The second kappa shape index (κ2) is 5.88. The van der Waals surface area contributed by atoms with Gasteiger partial charge in [0.2, 0.25) is 0 Å². The highest BCUT2D eigenvalue weighted by Gasteiger charge is 2.09. The SMILES string of the molecule is CCNCc1cc(-c2cc3cc(F)ccc3o2)ccc1Cl. The molecular weight excluding hydrogens is 289 g/mol. The van der Waals surface area contributed by atoms with Gasteiger partial charge in [-0.3, -0.25) is 0 Å². The van der Waals surface area contributed by atoms with Crippen molar-refractivity contribution in [3.63, 3.8) is 0 Å². The first-order valence-corrected chi connectivity index (χ1v) is 7.24. The summed E-state index contributed by atoms with van der Waals surface area (Å²) in [7, 11) is 0. The smallest absolute Gasteiger partial charge is 0.135 e. The summed E-state index contributed by atoms with van der Waals surface area (Å²) < 4.78 is 19.0. The minimum atomic E-state index is -0.265. The lowest BCUT2D eigenvalue weighted by molar-refractivity contribution is 0.619. The Bertz CT molecular complexity index is 782. The van der Waals surface area contributed by atoms with E-state index in [-0.39, 0.29) is 5.82 Å². The summed E-state index contributed by atoms with van der Waals surface area (Å²) >= 11 is 6.20. The van der Waals surface area contributed by atoms with Crippen molar-refractivity contribution in [1.29, 1.82) is 0 Å². The number of benzene rings is 2. The maximum Gasteiger partial charge on any atom is 0.135 e. The summed E-state index contributed by atoms with van der Waals surface area (Å²) in [6, 6.07) is 12.1. The fourth-order valence-corrected chi connectivity index (χ4v) is 2.46. The van der Waals surface area contributed by atoms with Crippen molar-refractivity contribution in [3.8, 4) is 11.3 Å². The van der Waals surface area contributed by atoms with Gasteiger partial charge in [-0.1, -0.05) is 18.5 Å². The molecule has 0 unspecified atom stereocenters. The molecule has 2 nitrogen and oxygen atoms in total. The van der Waals surface area contributed by atoms with E-state index in [1.165, 1.54) is 12.1 Å². The Kier molecular flexibility index (Phi) is 3.95. The summed E-state index contributed by atoms with van der Waals surface area (Å²) in [6.45, 7) is 3.63. The molecule has 0 bridgehead atoms. The molecule has 0 amide bonds. The Morgan fingerprint density at radius 1 is 1.14 bits per heavy atom. The van der Waals surface area contributed by atoms with Gasteiger partial charge in [-0.05, 0) is 54.6 Å². The lowest BCUT2D eigenvalue weighted by Gasteiger charge is -2.06. The second-order valence-electron chi connectivity index (χ2n) is 4.88. The number of rotatable bonds is 4. The molecule has 0 saturated heterocycles. The zero-order chi connectivity index (χ0) is 14.8. The van der Waals surface area contributed by atoms with Crippen molar-refractivity contribution in [2.75, 3.05) is 6.54 Å². The Labute approximate surface area is 127 Å². The van der Waals surface area contributed by atoms with Crippen LogP contribution in [0.3, 0.4) is 0 Å². The van der Waals surface area contributed by atoms with Crippen LogP contribution >= 0.6 is 11.6 Å². The standard InChI is InChI=1S/C17H15ClFNO/c1-2-20-10-13-7-11(3-5-15(13)18)17-9-12-8-14(19)4-6-16(12)21-17/h3-9,20H,2,10H2,1H3. The third kappa shape index (κ3) is 2.94. The van der Waals surface area contributed by atoms with Crippen molar-refractivity contribution < 1.29 is 8.81 Å². The topological polar surface area (TPSA) is 25.2 Å². The number of halogens is 2. The van der Waals surface area contributed by atoms with Gasteiger partial charge in [-0.25, -0.2) is 4.39 Å². The van der Waals surface area contributed by atoms with E-state index in [0.29, 0.717) is 17.9 Å². The molecule has 0 aliphatic carbocycles. The minimum absolute atomic E-state index is 0.265. The Balaban J connectivity index is 2.01. The molecule has 0 aliphatic rings. The first kappa shape index (κ1) is 14.1. The van der Waals surface area contributed by atoms with Gasteiger partial charge in [0, 0.05) is 22.5 Å². The van der Waals surface area contributed by atoms with Gasteiger partial charge < -0.3 is 9.73 Å². The normalized spacial score (nSPS) is 11.2. The van der Waals surface area contributed by atoms with Crippen molar-refractivity contribution in [1.82, 2.24) is 5.32 Å². The van der Waals surface area contributed by atoms with Crippen LogP contribution in [0, 0.1) is 5.82 Å². The van der Waals surface area contributed by atoms with Crippen LogP contribution in [0.1, 0.15) is 12.5 Å². The van der Waals surface area contributed by atoms with Gasteiger partial charge >= 0.3 is 0 Å². The highest BCUT2D eigenvalue weighted by molar-refractivity contribution is 6.31. The average Bonchev–Trinajstić information content (AvgIpc) is 2.89. The van der Waals surface area contributed by atoms with Crippen molar-refractivity contribution in [3.05, 3.63) is 58.9 Å². The molecule has 2 aromatic carbocycles. The predicted molar refractivity (Wildman–Crippen MR) is 84.0 cm³/mol. The Hall–Kier alpha value is -1.84. The number of furan rings is 1. The molecule has 1 heterocycles. The Morgan fingerprint density at radius 2 is 2.00 bits per heavy atom. The van der Waals surface area contributed by atoms with Crippen LogP contribution in [0.2, 0.25) is 5.02 Å². The quantitative estimate of drug-likeness (QED) is 0.733. The fourth-order valence-electron chi connectivity index (χ4n) is 2.28. The molecule has 108 valence electrons. The lowest BCUT2D eigenvalue weighted by atomic mass is 10.1. The molecule has 4 heteroatoms. The predicted octanol–water partition coefficient (Wildman–Crippen LogP) is 5.00. The highest BCUT2D eigenvalue weighted by atomic mass is 35.5. The second-order valence-corrected chi connectivity index (χ2v) is 5.29.